The average Bonchev–Trinajstić information content (AvgIpc) is 3.27. The van der Waals surface area contributed by atoms with E-state index in [1.54, 1.807) is 0 Å². The van der Waals surface area contributed by atoms with E-state index in [2.05, 4.69) is 10.2 Å². The van der Waals surface area contributed by atoms with Crippen molar-refractivity contribution in [3.8, 4) is 0 Å². The van der Waals surface area contributed by atoms with E-state index in [0.717, 1.165) is 25.9 Å². The Kier molecular flexibility index (Phi) is 4.25. The predicted octanol–water partition coefficient (Wildman–Crippen LogP) is 2.88. The summed E-state index contributed by atoms with van der Waals surface area (Å²) in [5.41, 5.74) is 0.0875. The van der Waals surface area contributed by atoms with Crippen LogP contribution >= 0.6 is 0 Å². The molecule has 3 heterocycles. The van der Waals surface area contributed by atoms with E-state index in [-0.39, 0.29) is 23.8 Å². The van der Waals surface area contributed by atoms with Crippen LogP contribution in [0.2, 0.25) is 0 Å². The predicted molar refractivity (Wildman–Crippen MR) is 82.9 cm³/mol. The van der Waals surface area contributed by atoms with Crippen LogP contribution in [0.15, 0.2) is 0 Å². The van der Waals surface area contributed by atoms with E-state index < -0.39 is 11.9 Å². The second-order valence-corrected chi connectivity index (χ2v) is 7.34. The molecular weight excluding hydrogens is 335 g/mol. The van der Waals surface area contributed by atoms with E-state index >= 15 is 0 Å². The van der Waals surface area contributed by atoms with Gasteiger partial charge in [0.05, 0.1) is 6.10 Å². The van der Waals surface area contributed by atoms with Gasteiger partial charge in [-0.2, -0.15) is 18.3 Å². The first-order valence-corrected chi connectivity index (χ1v) is 8.97. The summed E-state index contributed by atoms with van der Waals surface area (Å²) >= 11 is 0. The molecule has 0 spiro atoms. The van der Waals surface area contributed by atoms with Gasteiger partial charge in [-0.25, -0.2) is 0 Å². The first kappa shape index (κ1) is 16.9. The van der Waals surface area contributed by atoms with Crippen LogP contribution in [0.5, 0.6) is 0 Å². The van der Waals surface area contributed by atoms with Crippen LogP contribution in [0.1, 0.15) is 55.0 Å². The number of carbonyl (C=O) groups excluding carboxylic acids is 1. The summed E-state index contributed by atoms with van der Waals surface area (Å²) in [4.78, 5) is 14.3. The third-order valence-electron chi connectivity index (χ3n) is 5.80. The molecule has 0 bridgehead atoms. The Labute approximate surface area is 143 Å². The lowest BCUT2D eigenvalue weighted by Crippen LogP contribution is -2.29. The highest BCUT2D eigenvalue weighted by Gasteiger charge is 2.45. The highest BCUT2D eigenvalue weighted by molar-refractivity contribution is 5.76. The second kappa shape index (κ2) is 6.30. The van der Waals surface area contributed by atoms with E-state index in [0.29, 0.717) is 43.6 Å². The van der Waals surface area contributed by atoms with Gasteiger partial charge in [0.2, 0.25) is 5.91 Å². The first-order chi connectivity index (χ1) is 11.9. The zero-order valence-electron chi connectivity index (χ0n) is 13.9. The normalized spacial score (nSPS) is 28.9. The van der Waals surface area contributed by atoms with Crippen molar-refractivity contribution in [3.05, 3.63) is 17.0 Å². The number of halogens is 3. The molecule has 25 heavy (non-hydrogen) atoms. The molecule has 0 saturated carbocycles. The summed E-state index contributed by atoms with van der Waals surface area (Å²) < 4.78 is 44.7. The smallest absolute Gasteiger partial charge is 0.378 e. The zero-order chi connectivity index (χ0) is 17.6. The molecular formula is C17H22F3N3O2. The van der Waals surface area contributed by atoms with Crippen LogP contribution in [-0.2, 0) is 22.1 Å². The number of alkyl halides is 3. The van der Waals surface area contributed by atoms with Gasteiger partial charge < -0.3 is 9.64 Å². The number of likely N-dealkylation sites (tertiary alicyclic amines) is 1. The van der Waals surface area contributed by atoms with Gasteiger partial charge in [0, 0.05) is 43.3 Å². The Bertz CT molecular complexity index is 652. The van der Waals surface area contributed by atoms with Gasteiger partial charge in [-0.3, -0.25) is 9.89 Å². The molecule has 0 radical (unpaired) electrons. The number of nitrogens with zero attached hydrogens (tertiary/aromatic N) is 2. The lowest BCUT2D eigenvalue weighted by molar-refractivity contribution is -0.141. The Morgan fingerprint density at radius 3 is 2.88 bits per heavy atom. The summed E-state index contributed by atoms with van der Waals surface area (Å²) in [5, 5.41) is 6.13. The van der Waals surface area contributed by atoms with Crippen LogP contribution in [0.3, 0.4) is 0 Å². The molecule has 1 aromatic heterocycles. The zero-order valence-corrected chi connectivity index (χ0v) is 13.9. The minimum Gasteiger partial charge on any atom is -0.378 e. The number of nitrogens with one attached hydrogen (secondary N) is 1. The highest BCUT2D eigenvalue weighted by atomic mass is 19.4. The molecule has 3 atom stereocenters. The Balaban J connectivity index is 1.42. The maximum Gasteiger partial charge on any atom is 0.435 e. The molecule has 2 fully saturated rings. The summed E-state index contributed by atoms with van der Waals surface area (Å²) in [7, 11) is 0. The van der Waals surface area contributed by atoms with Crippen molar-refractivity contribution in [2.24, 2.45) is 5.92 Å². The molecule has 5 nitrogen and oxygen atoms in total. The van der Waals surface area contributed by atoms with Crippen molar-refractivity contribution in [1.82, 2.24) is 15.1 Å². The Morgan fingerprint density at radius 2 is 2.16 bits per heavy atom. The summed E-state index contributed by atoms with van der Waals surface area (Å²) in [6, 6.07) is 0. The number of hydrogen-bond acceptors (Lipinski definition) is 3. The lowest BCUT2D eigenvalue weighted by Gasteiger charge is -2.24. The number of fused-ring (bicyclic) bond motifs is 3. The lowest BCUT2D eigenvalue weighted by atomic mass is 9.80. The molecule has 138 valence electrons. The van der Waals surface area contributed by atoms with E-state index in [1.165, 1.54) is 0 Å². The minimum atomic E-state index is -4.42. The number of carbonyl (C=O) groups is 1. The molecule has 1 aliphatic carbocycles. The number of ether oxygens (including phenoxy) is 1. The fourth-order valence-electron chi connectivity index (χ4n) is 4.51. The average molecular weight is 357 g/mol. The topological polar surface area (TPSA) is 58.2 Å². The van der Waals surface area contributed by atoms with E-state index in [9.17, 15) is 18.0 Å². The fourth-order valence-corrected chi connectivity index (χ4v) is 4.51. The van der Waals surface area contributed by atoms with Crippen molar-refractivity contribution in [3.63, 3.8) is 0 Å². The molecule has 0 aromatic carbocycles. The molecule has 3 aliphatic rings. The van der Waals surface area contributed by atoms with Crippen LogP contribution in [0.4, 0.5) is 13.2 Å². The van der Waals surface area contributed by atoms with Crippen LogP contribution in [0.25, 0.3) is 0 Å². The number of H-pyrrole nitrogens is 1. The summed E-state index contributed by atoms with van der Waals surface area (Å²) in [6.07, 6.45) is 0.0587. The standard InChI is InChI=1S/C17H22F3N3O2/c18-17(19,20)16-12-5-3-10-8-23(9-13(10)15(12)21-22-16)14(24)6-4-11-2-1-7-25-11/h10-11,13H,1-9H2,(H,21,22)/t10-,11?,13+/m1/s1. The van der Waals surface area contributed by atoms with E-state index in [4.69, 9.17) is 4.74 Å². The van der Waals surface area contributed by atoms with Gasteiger partial charge in [0.15, 0.2) is 5.69 Å². The minimum absolute atomic E-state index is 0.0565. The molecule has 1 aromatic rings. The van der Waals surface area contributed by atoms with Gasteiger partial charge in [-0.15, -0.1) is 0 Å². The van der Waals surface area contributed by atoms with Crippen LogP contribution in [-0.4, -0.2) is 46.8 Å². The van der Waals surface area contributed by atoms with Gasteiger partial charge in [0.25, 0.3) is 0 Å². The summed E-state index contributed by atoms with van der Waals surface area (Å²) in [6.45, 7) is 1.90. The van der Waals surface area contributed by atoms with Gasteiger partial charge in [0.1, 0.15) is 0 Å². The third-order valence-corrected chi connectivity index (χ3v) is 5.80. The molecule has 1 N–H and O–H groups in total. The largest absolute Gasteiger partial charge is 0.435 e. The quantitative estimate of drug-likeness (QED) is 0.905. The van der Waals surface area contributed by atoms with Gasteiger partial charge >= 0.3 is 6.18 Å². The molecule has 1 amide bonds. The highest BCUT2D eigenvalue weighted by Crippen LogP contribution is 2.44. The van der Waals surface area contributed by atoms with Crippen molar-refractivity contribution in [2.75, 3.05) is 19.7 Å². The van der Waals surface area contributed by atoms with Crippen molar-refractivity contribution < 1.29 is 22.7 Å². The fraction of sp³-hybridized carbons (Fsp3) is 0.765. The van der Waals surface area contributed by atoms with Crippen molar-refractivity contribution in [2.45, 2.75) is 56.7 Å². The molecule has 2 saturated heterocycles. The van der Waals surface area contributed by atoms with Gasteiger partial charge in [-0.05, 0) is 38.0 Å². The second-order valence-electron chi connectivity index (χ2n) is 7.34. The number of hydrogen-bond donors (Lipinski definition) is 1. The SMILES string of the molecule is O=C(CCC1CCCO1)N1C[C@H]2CCc3c(C(F)(F)F)n[nH]c3[C@H]2C1. The van der Waals surface area contributed by atoms with E-state index in [1.807, 2.05) is 4.90 Å². The van der Waals surface area contributed by atoms with Crippen LogP contribution in [0, 0.1) is 5.92 Å². The number of amides is 1. The maximum absolute atomic E-state index is 13.0. The van der Waals surface area contributed by atoms with Crippen molar-refractivity contribution in [1.29, 1.82) is 0 Å². The molecule has 8 heteroatoms. The third kappa shape index (κ3) is 3.16. The molecule has 4 rings (SSSR count). The maximum atomic E-state index is 13.0. The molecule has 1 unspecified atom stereocenters. The van der Waals surface area contributed by atoms with Crippen molar-refractivity contribution >= 4 is 5.91 Å². The number of aromatic amines is 1. The van der Waals surface area contributed by atoms with Gasteiger partial charge in [-0.1, -0.05) is 0 Å². The monoisotopic (exact) mass is 357 g/mol. The first-order valence-electron chi connectivity index (χ1n) is 8.97. The Morgan fingerprint density at radius 1 is 1.32 bits per heavy atom. The van der Waals surface area contributed by atoms with Crippen LogP contribution < -0.4 is 0 Å². The summed E-state index contributed by atoms with van der Waals surface area (Å²) in [5.74, 6) is 0.252. The number of aromatic nitrogens is 2. The number of rotatable bonds is 3. The molecule has 2 aliphatic heterocycles. The Hall–Kier alpha value is -1.57.